The second-order valence-electron chi connectivity index (χ2n) is 8.71. The van der Waals surface area contributed by atoms with E-state index in [-0.39, 0.29) is 11.7 Å². The van der Waals surface area contributed by atoms with E-state index in [1.807, 2.05) is 55.5 Å². The fourth-order valence-corrected chi connectivity index (χ4v) is 4.38. The molecular weight excluding hydrogens is 471 g/mol. The van der Waals surface area contributed by atoms with E-state index >= 15 is 0 Å². The Balaban J connectivity index is 1.66. The number of benzene rings is 3. The number of hydrogen-bond donors (Lipinski definition) is 0. The highest BCUT2D eigenvalue weighted by molar-refractivity contribution is 5.97. The third kappa shape index (κ3) is 5.31. The molecule has 1 heterocycles. The molecular formula is C30H31FN2O4. The molecule has 4 aromatic rings. The van der Waals surface area contributed by atoms with Gasteiger partial charge < -0.3 is 23.7 Å². The van der Waals surface area contributed by atoms with Gasteiger partial charge in [0.2, 0.25) is 0 Å². The molecule has 7 heteroatoms. The van der Waals surface area contributed by atoms with Crippen molar-refractivity contribution in [2.75, 3.05) is 34.9 Å². The van der Waals surface area contributed by atoms with Crippen LogP contribution in [0.4, 0.5) is 4.39 Å². The van der Waals surface area contributed by atoms with Gasteiger partial charge in [0.05, 0.1) is 38.3 Å². The zero-order valence-electron chi connectivity index (χ0n) is 21.7. The first kappa shape index (κ1) is 25.8. The van der Waals surface area contributed by atoms with Gasteiger partial charge in [-0.25, -0.2) is 4.39 Å². The van der Waals surface area contributed by atoms with E-state index < -0.39 is 0 Å². The van der Waals surface area contributed by atoms with Crippen LogP contribution < -0.4 is 14.2 Å². The van der Waals surface area contributed by atoms with Gasteiger partial charge in [-0.2, -0.15) is 0 Å². The van der Waals surface area contributed by atoms with Gasteiger partial charge in [0, 0.05) is 19.3 Å². The number of ether oxygens (including phenoxy) is 3. The highest BCUT2D eigenvalue weighted by atomic mass is 19.1. The fraction of sp³-hybridized carbons (Fsp3) is 0.233. The molecule has 0 spiro atoms. The summed E-state index contributed by atoms with van der Waals surface area (Å²) >= 11 is 0. The fourth-order valence-electron chi connectivity index (χ4n) is 4.38. The Morgan fingerprint density at radius 1 is 0.892 bits per heavy atom. The number of para-hydroxylation sites is 1. The van der Waals surface area contributed by atoms with Gasteiger partial charge in [-0.3, -0.25) is 4.79 Å². The Labute approximate surface area is 216 Å². The van der Waals surface area contributed by atoms with Crippen LogP contribution in [0.25, 0.3) is 16.9 Å². The van der Waals surface area contributed by atoms with E-state index in [2.05, 4.69) is 0 Å². The number of nitrogens with zero attached hydrogens (tertiary/aromatic N) is 2. The van der Waals surface area contributed by atoms with Crippen molar-refractivity contribution in [3.63, 3.8) is 0 Å². The number of rotatable bonds is 9. The molecule has 4 rings (SSSR count). The van der Waals surface area contributed by atoms with E-state index in [0.717, 1.165) is 22.6 Å². The molecule has 0 radical (unpaired) electrons. The van der Waals surface area contributed by atoms with Crippen molar-refractivity contribution in [3.8, 4) is 34.2 Å². The molecule has 0 fully saturated rings. The van der Waals surface area contributed by atoms with Crippen LogP contribution in [0.5, 0.6) is 17.2 Å². The minimum atomic E-state index is -0.364. The Morgan fingerprint density at radius 3 is 2.24 bits per heavy atom. The molecule has 0 N–H and O–H groups in total. The molecule has 192 valence electrons. The van der Waals surface area contributed by atoms with Crippen LogP contribution in [0.2, 0.25) is 0 Å². The predicted molar refractivity (Wildman–Crippen MR) is 143 cm³/mol. The smallest absolute Gasteiger partial charge is 0.255 e. The maximum Gasteiger partial charge on any atom is 0.255 e. The van der Waals surface area contributed by atoms with Crippen LogP contribution in [0.1, 0.15) is 21.6 Å². The predicted octanol–water partition coefficient (Wildman–Crippen LogP) is 5.93. The standard InChI is InChI=1S/C30H31FN2O4/c1-20-24(30(34)32(2)17-16-21-10-15-28(36-4)29(18-21)37-5)19-27(22-11-13-23(35-3)14-12-22)33(20)26-9-7-6-8-25(26)31/h6-15,18-19H,16-17H2,1-5H3. The van der Waals surface area contributed by atoms with Crippen molar-refractivity contribution in [2.45, 2.75) is 13.3 Å². The Hall–Kier alpha value is -4.26. The van der Waals surface area contributed by atoms with E-state index in [9.17, 15) is 9.18 Å². The Morgan fingerprint density at radius 2 is 1.59 bits per heavy atom. The van der Waals surface area contributed by atoms with Crippen LogP contribution in [0.15, 0.2) is 72.8 Å². The number of amides is 1. The topological polar surface area (TPSA) is 52.9 Å². The van der Waals surface area contributed by atoms with Gasteiger partial charge in [0.1, 0.15) is 11.6 Å². The number of aromatic nitrogens is 1. The van der Waals surface area contributed by atoms with Gasteiger partial charge in [0.25, 0.3) is 5.91 Å². The van der Waals surface area contributed by atoms with Crippen LogP contribution in [-0.4, -0.2) is 50.3 Å². The molecule has 0 aliphatic heterocycles. The van der Waals surface area contributed by atoms with Crippen molar-refractivity contribution < 1.29 is 23.4 Å². The van der Waals surface area contributed by atoms with Gasteiger partial charge in [-0.1, -0.05) is 18.2 Å². The monoisotopic (exact) mass is 502 g/mol. The maximum absolute atomic E-state index is 14.9. The number of likely N-dealkylation sites (N-methyl/N-ethyl adjacent to an activating group) is 1. The lowest BCUT2D eigenvalue weighted by molar-refractivity contribution is 0.0796. The number of carbonyl (C=O) groups excluding carboxylic acids is 1. The maximum atomic E-state index is 14.9. The second kappa shape index (κ2) is 11.2. The van der Waals surface area contributed by atoms with Gasteiger partial charge in [-0.15, -0.1) is 0 Å². The lowest BCUT2D eigenvalue weighted by atomic mass is 10.1. The largest absolute Gasteiger partial charge is 0.497 e. The first-order valence-electron chi connectivity index (χ1n) is 12.0. The molecule has 0 unspecified atom stereocenters. The highest BCUT2D eigenvalue weighted by Crippen LogP contribution is 2.32. The van der Waals surface area contributed by atoms with Crippen molar-refractivity contribution in [1.29, 1.82) is 0 Å². The van der Waals surface area contributed by atoms with E-state index in [4.69, 9.17) is 14.2 Å². The van der Waals surface area contributed by atoms with Gasteiger partial charge in [-0.05, 0) is 79.1 Å². The number of methoxy groups -OCH3 is 3. The zero-order valence-corrected chi connectivity index (χ0v) is 21.7. The lowest BCUT2D eigenvalue weighted by Gasteiger charge is -2.18. The van der Waals surface area contributed by atoms with Crippen LogP contribution in [-0.2, 0) is 6.42 Å². The zero-order chi connectivity index (χ0) is 26.5. The number of hydrogen-bond acceptors (Lipinski definition) is 4. The van der Waals surface area contributed by atoms with Crippen molar-refractivity contribution in [2.24, 2.45) is 0 Å². The quantitative estimate of drug-likeness (QED) is 0.285. The second-order valence-corrected chi connectivity index (χ2v) is 8.71. The summed E-state index contributed by atoms with van der Waals surface area (Å²) in [6.07, 6.45) is 0.640. The number of halogens is 1. The summed E-state index contributed by atoms with van der Waals surface area (Å²) in [6.45, 7) is 2.34. The minimum absolute atomic E-state index is 0.136. The molecule has 3 aromatic carbocycles. The normalized spacial score (nSPS) is 10.8. The SMILES string of the molecule is COc1ccc(-c2cc(C(=O)N(C)CCc3ccc(OC)c(OC)c3)c(C)n2-c2ccccc2F)cc1. The summed E-state index contributed by atoms with van der Waals surface area (Å²) < 4.78 is 32.7. The highest BCUT2D eigenvalue weighted by Gasteiger charge is 2.23. The van der Waals surface area contributed by atoms with E-state index in [1.54, 1.807) is 56.0 Å². The van der Waals surface area contributed by atoms with E-state index in [1.165, 1.54) is 6.07 Å². The third-order valence-electron chi connectivity index (χ3n) is 6.49. The first-order valence-corrected chi connectivity index (χ1v) is 12.0. The Kier molecular flexibility index (Phi) is 7.82. The summed E-state index contributed by atoms with van der Waals surface area (Å²) in [7, 11) is 6.58. The lowest BCUT2D eigenvalue weighted by Crippen LogP contribution is -2.29. The van der Waals surface area contributed by atoms with Crippen LogP contribution in [0.3, 0.4) is 0 Å². The summed E-state index contributed by atoms with van der Waals surface area (Å²) in [5.41, 5.74) is 4.17. The van der Waals surface area contributed by atoms with Crippen molar-refractivity contribution >= 4 is 5.91 Å². The van der Waals surface area contributed by atoms with Gasteiger partial charge in [0.15, 0.2) is 11.5 Å². The summed E-state index contributed by atoms with van der Waals surface area (Å²) in [4.78, 5) is 15.3. The summed E-state index contributed by atoms with van der Waals surface area (Å²) in [5.74, 6) is 1.53. The molecule has 0 atom stereocenters. The number of carbonyl (C=O) groups is 1. The van der Waals surface area contributed by atoms with Gasteiger partial charge >= 0.3 is 0 Å². The average Bonchev–Trinajstić information content (AvgIpc) is 3.27. The molecule has 37 heavy (non-hydrogen) atoms. The average molecular weight is 503 g/mol. The molecule has 0 bridgehead atoms. The molecule has 0 aliphatic carbocycles. The van der Waals surface area contributed by atoms with Crippen LogP contribution in [0, 0.1) is 12.7 Å². The summed E-state index contributed by atoms with van der Waals surface area (Å²) in [6, 6.07) is 21.6. The first-order chi connectivity index (χ1) is 17.9. The summed E-state index contributed by atoms with van der Waals surface area (Å²) in [5, 5.41) is 0. The molecule has 1 aromatic heterocycles. The van der Waals surface area contributed by atoms with Crippen molar-refractivity contribution in [3.05, 3.63) is 95.4 Å². The molecule has 1 amide bonds. The minimum Gasteiger partial charge on any atom is -0.497 e. The molecule has 0 saturated heterocycles. The van der Waals surface area contributed by atoms with Crippen molar-refractivity contribution in [1.82, 2.24) is 9.47 Å². The Bertz CT molecular complexity index is 1400. The van der Waals surface area contributed by atoms with E-state index in [0.29, 0.717) is 41.4 Å². The molecule has 6 nitrogen and oxygen atoms in total. The van der Waals surface area contributed by atoms with Crippen LogP contribution >= 0.6 is 0 Å². The molecule has 0 saturated carbocycles. The molecule has 0 aliphatic rings. The third-order valence-corrected chi connectivity index (χ3v) is 6.49.